The Morgan fingerprint density at radius 3 is 1.62 bits per heavy atom. The molecule has 1 aromatic rings. The Kier molecular flexibility index (Phi) is 18.2. The predicted octanol–water partition coefficient (Wildman–Crippen LogP) is 4.49. The van der Waals surface area contributed by atoms with E-state index < -0.39 is 0 Å². The molecule has 0 unspecified atom stereocenters. The lowest BCUT2D eigenvalue weighted by atomic mass is 9.55. The Balaban J connectivity index is -0.000000174. The van der Waals surface area contributed by atoms with Crippen molar-refractivity contribution in [2.24, 2.45) is 0 Å². The molecule has 3 heteroatoms. The van der Waals surface area contributed by atoms with Crippen molar-refractivity contribution < 1.29 is 0 Å². The van der Waals surface area contributed by atoms with Crippen molar-refractivity contribution in [3.63, 3.8) is 0 Å². The van der Waals surface area contributed by atoms with Gasteiger partial charge in [-0.2, -0.15) is 0 Å². The maximum absolute atomic E-state index is 3.67. The van der Waals surface area contributed by atoms with E-state index in [9.17, 15) is 0 Å². The summed E-state index contributed by atoms with van der Waals surface area (Å²) in [4.78, 5) is 7.35. The van der Waals surface area contributed by atoms with Gasteiger partial charge in [0.2, 0.25) is 0 Å². The Morgan fingerprint density at radius 1 is 1.12 bits per heavy atom. The summed E-state index contributed by atoms with van der Waals surface area (Å²) < 4.78 is 0. The topological polar surface area (TPSA) is 25.8 Å². The second-order valence-corrected chi connectivity index (χ2v) is 3.54. The van der Waals surface area contributed by atoms with E-state index in [1.807, 2.05) is 13.8 Å². The lowest BCUT2D eigenvalue weighted by molar-refractivity contribution is 0.645. The van der Waals surface area contributed by atoms with E-state index in [0.29, 0.717) is 5.31 Å². The minimum absolute atomic E-state index is 0. The number of nitrogens with zero attached hydrogens (tertiary/aromatic N) is 2. The fourth-order valence-corrected chi connectivity index (χ4v) is 0.457. The van der Waals surface area contributed by atoms with Gasteiger partial charge in [-0.1, -0.05) is 60.6 Å². The summed E-state index contributed by atoms with van der Waals surface area (Å²) >= 11 is 0. The molecule has 1 radical (unpaired) electrons. The third kappa shape index (κ3) is 15.6. The van der Waals surface area contributed by atoms with Crippen LogP contribution < -0.4 is 0 Å². The van der Waals surface area contributed by atoms with Crippen LogP contribution in [0.5, 0.6) is 0 Å². The zero-order chi connectivity index (χ0) is 12.2. The van der Waals surface area contributed by atoms with E-state index in [0.717, 1.165) is 0 Å². The van der Waals surface area contributed by atoms with Crippen LogP contribution in [0.2, 0.25) is 12.1 Å². The average Bonchev–Trinajstić information content (AvgIpc) is 2.35. The van der Waals surface area contributed by atoms with Gasteiger partial charge in [-0.25, -0.2) is 9.97 Å². The SMILES string of the molecule is C.CC.C[B]C(C)(C)CC.c1cncnc1. The van der Waals surface area contributed by atoms with Crippen LogP contribution >= 0.6 is 0 Å². The molecular weight excluding hydrogens is 195 g/mol. The van der Waals surface area contributed by atoms with Crippen LogP contribution in [0.15, 0.2) is 24.8 Å². The molecule has 0 aromatic carbocycles. The van der Waals surface area contributed by atoms with Crippen molar-refractivity contribution >= 4 is 7.28 Å². The van der Waals surface area contributed by atoms with Gasteiger partial charge >= 0.3 is 0 Å². The van der Waals surface area contributed by atoms with Crippen molar-refractivity contribution in [3.8, 4) is 0 Å². The molecule has 93 valence electrons. The fraction of sp³-hybridized carbons (Fsp3) is 0.692. The molecule has 16 heavy (non-hydrogen) atoms. The highest BCUT2D eigenvalue weighted by Crippen LogP contribution is 2.25. The van der Waals surface area contributed by atoms with E-state index in [-0.39, 0.29) is 7.43 Å². The van der Waals surface area contributed by atoms with Crippen LogP contribution in [0, 0.1) is 0 Å². The third-order valence-electron chi connectivity index (χ3n) is 2.17. The maximum Gasteiger partial charge on any atom is 0.115 e. The quantitative estimate of drug-likeness (QED) is 0.690. The molecule has 0 aliphatic heterocycles. The average molecular weight is 223 g/mol. The molecule has 2 nitrogen and oxygen atoms in total. The van der Waals surface area contributed by atoms with Crippen LogP contribution in [0.3, 0.4) is 0 Å². The highest BCUT2D eigenvalue weighted by molar-refractivity contribution is 6.37. The van der Waals surface area contributed by atoms with Gasteiger partial charge in [-0.15, -0.1) is 0 Å². The minimum Gasteiger partial charge on any atom is -0.245 e. The third-order valence-corrected chi connectivity index (χ3v) is 2.17. The van der Waals surface area contributed by atoms with Gasteiger partial charge in [-0.3, -0.25) is 0 Å². The Hall–Kier alpha value is -0.855. The van der Waals surface area contributed by atoms with E-state index in [1.165, 1.54) is 12.7 Å². The van der Waals surface area contributed by atoms with Gasteiger partial charge in [0, 0.05) is 12.4 Å². The maximum atomic E-state index is 3.67. The van der Waals surface area contributed by atoms with Crippen molar-refractivity contribution in [1.82, 2.24) is 9.97 Å². The highest BCUT2D eigenvalue weighted by Gasteiger charge is 2.10. The van der Waals surface area contributed by atoms with E-state index in [1.54, 1.807) is 18.5 Å². The first kappa shape index (κ1) is 20.5. The number of hydrogen-bond donors (Lipinski definition) is 0. The molecule has 1 aromatic heterocycles. The van der Waals surface area contributed by atoms with Gasteiger partial charge in [0.15, 0.2) is 0 Å². The van der Waals surface area contributed by atoms with E-state index >= 15 is 0 Å². The summed E-state index contributed by atoms with van der Waals surface area (Å²) in [6, 6.07) is 1.78. The van der Waals surface area contributed by atoms with Crippen molar-refractivity contribution in [1.29, 1.82) is 0 Å². The molecule has 1 rings (SSSR count). The summed E-state index contributed by atoms with van der Waals surface area (Å²) in [5, 5.41) is 0.458. The largest absolute Gasteiger partial charge is 0.245 e. The summed E-state index contributed by atoms with van der Waals surface area (Å²) in [5.74, 6) is 0. The van der Waals surface area contributed by atoms with E-state index in [4.69, 9.17) is 0 Å². The van der Waals surface area contributed by atoms with Gasteiger partial charge in [0.1, 0.15) is 13.6 Å². The zero-order valence-electron chi connectivity index (χ0n) is 11.0. The zero-order valence-corrected chi connectivity index (χ0v) is 11.0. The van der Waals surface area contributed by atoms with Crippen LogP contribution in [-0.4, -0.2) is 17.2 Å². The normalized spacial score (nSPS) is 8.38. The molecule has 1 heterocycles. The number of aromatic nitrogens is 2. The van der Waals surface area contributed by atoms with Gasteiger partial charge in [-0.05, 0) is 6.07 Å². The summed E-state index contributed by atoms with van der Waals surface area (Å²) in [6.07, 6.45) is 6.11. The predicted molar refractivity (Wildman–Crippen MR) is 76.1 cm³/mol. The standard InChI is InChI=1S/C6H14B.C4H4N2.C2H6.CH4/c1-5-6(2,3)7-4;1-2-5-4-6-3-1;1-2;/h5H2,1-4H3;1-4H;1-2H3;1H4. The molecule has 0 saturated carbocycles. The Labute approximate surface area is 103 Å². The molecule has 0 fully saturated rings. The molecule has 0 atom stereocenters. The van der Waals surface area contributed by atoms with Crippen LogP contribution in [0.1, 0.15) is 48.5 Å². The highest BCUT2D eigenvalue weighted by atomic mass is 14.8. The van der Waals surface area contributed by atoms with Crippen LogP contribution in [-0.2, 0) is 0 Å². The van der Waals surface area contributed by atoms with Gasteiger partial charge in [0.25, 0.3) is 0 Å². The Bertz CT molecular complexity index is 168. The monoisotopic (exact) mass is 223 g/mol. The minimum atomic E-state index is 0. The van der Waals surface area contributed by atoms with E-state index in [2.05, 4.69) is 44.8 Å². The molecular formula is C13H28BN2. The molecule has 0 amide bonds. The first-order valence-corrected chi connectivity index (χ1v) is 5.63. The van der Waals surface area contributed by atoms with Crippen LogP contribution in [0.4, 0.5) is 0 Å². The van der Waals surface area contributed by atoms with Crippen molar-refractivity contribution in [3.05, 3.63) is 24.8 Å². The first-order chi connectivity index (χ1) is 7.12. The number of rotatable bonds is 2. The molecule has 0 N–H and O–H groups in total. The Morgan fingerprint density at radius 2 is 1.56 bits per heavy atom. The molecule has 0 bridgehead atoms. The molecule has 0 aliphatic rings. The number of hydrogen-bond acceptors (Lipinski definition) is 2. The lowest BCUT2D eigenvalue weighted by Crippen LogP contribution is -2.06. The van der Waals surface area contributed by atoms with Crippen LogP contribution in [0.25, 0.3) is 0 Å². The molecule has 0 spiro atoms. The van der Waals surface area contributed by atoms with Gasteiger partial charge < -0.3 is 0 Å². The summed E-state index contributed by atoms with van der Waals surface area (Å²) in [5.41, 5.74) is 0. The molecule has 0 saturated heterocycles. The lowest BCUT2D eigenvalue weighted by Gasteiger charge is -2.17. The van der Waals surface area contributed by atoms with Crippen molar-refractivity contribution in [2.75, 3.05) is 0 Å². The summed E-state index contributed by atoms with van der Waals surface area (Å²) in [6.45, 7) is 12.8. The fourth-order valence-electron chi connectivity index (χ4n) is 0.457. The van der Waals surface area contributed by atoms with Crippen molar-refractivity contribution in [2.45, 2.75) is 60.6 Å². The molecule has 0 aliphatic carbocycles. The smallest absolute Gasteiger partial charge is 0.115 e. The second-order valence-electron chi connectivity index (χ2n) is 3.54. The summed E-state index contributed by atoms with van der Waals surface area (Å²) in [7, 11) is 2.24. The second kappa shape index (κ2) is 14.1. The first-order valence-electron chi connectivity index (χ1n) is 5.63. The van der Waals surface area contributed by atoms with Gasteiger partial charge in [0.05, 0.1) is 0 Å².